The van der Waals surface area contributed by atoms with E-state index in [2.05, 4.69) is 11.6 Å². The summed E-state index contributed by atoms with van der Waals surface area (Å²) >= 11 is 5.94. The Kier molecular flexibility index (Phi) is 5.89. The number of rotatable bonds is 5. The van der Waals surface area contributed by atoms with E-state index in [0.29, 0.717) is 24.8 Å². The zero-order valence-corrected chi connectivity index (χ0v) is 14.8. The van der Waals surface area contributed by atoms with E-state index in [9.17, 15) is 13.2 Å². The molecule has 1 N–H and O–H groups in total. The van der Waals surface area contributed by atoms with Crippen LogP contribution in [0.1, 0.15) is 19.8 Å². The first-order chi connectivity index (χ1) is 10.8. The van der Waals surface area contributed by atoms with Crippen LogP contribution < -0.4 is 9.46 Å². The second-order valence-corrected chi connectivity index (χ2v) is 7.88. The third kappa shape index (κ3) is 4.59. The minimum Gasteiger partial charge on any atom is -0.495 e. The summed E-state index contributed by atoms with van der Waals surface area (Å²) in [7, 11) is -2.34. The molecule has 8 heteroatoms. The molecule has 128 valence electrons. The van der Waals surface area contributed by atoms with Crippen LogP contribution in [0.2, 0.25) is 5.02 Å². The van der Waals surface area contributed by atoms with Crippen LogP contribution in [0.5, 0.6) is 5.75 Å². The molecule has 0 aromatic heterocycles. The molecular weight excluding hydrogens is 340 g/mol. The largest absolute Gasteiger partial charge is 0.495 e. The summed E-state index contributed by atoms with van der Waals surface area (Å²) in [4.78, 5) is 13.9. The summed E-state index contributed by atoms with van der Waals surface area (Å²) in [6, 6.07) is 4.17. The summed E-state index contributed by atoms with van der Waals surface area (Å²) in [6.45, 7) is 3.19. The fourth-order valence-corrected chi connectivity index (χ4v) is 3.90. The van der Waals surface area contributed by atoms with Crippen LogP contribution in [0.4, 0.5) is 0 Å². The number of carbonyl (C=O) groups is 1. The van der Waals surface area contributed by atoms with E-state index in [-0.39, 0.29) is 22.4 Å². The van der Waals surface area contributed by atoms with Gasteiger partial charge in [0.15, 0.2) is 0 Å². The van der Waals surface area contributed by atoms with Crippen LogP contribution in [0.25, 0.3) is 0 Å². The summed E-state index contributed by atoms with van der Waals surface area (Å²) in [5.41, 5.74) is 0. The van der Waals surface area contributed by atoms with Gasteiger partial charge in [-0.15, -0.1) is 0 Å². The maximum Gasteiger partial charge on any atom is 0.241 e. The highest BCUT2D eigenvalue weighted by molar-refractivity contribution is 7.89. The number of benzene rings is 1. The van der Waals surface area contributed by atoms with Crippen LogP contribution in [0.15, 0.2) is 23.1 Å². The number of piperidine rings is 1. The third-order valence-electron chi connectivity index (χ3n) is 3.86. The number of hydrogen-bond donors (Lipinski definition) is 1. The lowest BCUT2D eigenvalue weighted by atomic mass is 10.0. The minimum absolute atomic E-state index is 0.00288. The highest BCUT2D eigenvalue weighted by atomic mass is 35.5. The van der Waals surface area contributed by atoms with Crippen molar-refractivity contribution in [2.24, 2.45) is 5.92 Å². The molecule has 0 bridgehead atoms. The van der Waals surface area contributed by atoms with Crippen molar-refractivity contribution >= 4 is 27.5 Å². The monoisotopic (exact) mass is 360 g/mol. The zero-order valence-electron chi connectivity index (χ0n) is 13.2. The van der Waals surface area contributed by atoms with Gasteiger partial charge in [-0.2, -0.15) is 0 Å². The number of likely N-dealkylation sites (tertiary alicyclic amines) is 1. The van der Waals surface area contributed by atoms with Crippen LogP contribution in [-0.4, -0.2) is 46.0 Å². The summed E-state index contributed by atoms with van der Waals surface area (Å²) in [5.74, 6) is 0.633. The Balaban J connectivity index is 2.01. The predicted molar refractivity (Wildman–Crippen MR) is 88.2 cm³/mol. The van der Waals surface area contributed by atoms with Gasteiger partial charge in [-0.1, -0.05) is 18.5 Å². The van der Waals surface area contributed by atoms with E-state index in [4.69, 9.17) is 16.3 Å². The molecule has 0 aliphatic carbocycles. The number of sulfonamides is 1. The van der Waals surface area contributed by atoms with Crippen molar-refractivity contribution in [2.75, 3.05) is 26.7 Å². The van der Waals surface area contributed by atoms with Crippen LogP contribution >= 0.6 is 11.6 Å². The molecule has 23 heavy (non-hydrogen) atoms. The lowest BCUT2D eigenvalue weighted by Crippen LogP contribution is -2.44. The Labute approximate surface area is 141 Å². The molecule has 0 radical (unpaired) electrons. The Morgan fingerprint density at radius 1 is 1.48 bits per heavy atom. The van der Waals surface area contributed by atoms with Gasteiger partial charge in [-0.25, -0.2) is 13.1 Å². The summed E-state index contributed by atoms with van der Waals surface area (Å²) in [6.07, 6.45) is 2.05. The smallest absolute Gasteiger partial charge is 0.241 e. The summed E-state index contributed by atoms with van der Waals surface area (Å²) in [5, 5.41) is 0.201. The van der Waals surface area contributed by atoms with Crippen molar-refractivity contribution in [3.63, 3.8) is 0 Å². The van der Waals surface area contributed by atoms with Crippen molar-refractivity contribution in [1.29, 1.82) is 0 Å². The number of amides is 1. The third-order valence-corrected chi connectivity index (χ3v) is 5.55. The van der Waals surface area contributed by atoms with Crippen molar-refractivity contribution in [3.8, 4) is 5.75 Å². The topological polar surface area (TPSA) is 75.7 Å². The normalized spacial score (nSPS) is 18.7. The van der Waals surface area contributed by atoms with E-state index in [1.807, 2.05) is 0 Å². The molecule has 1 fully saturated rings. The average Bonchev–Trinajstić information content (AvgIpc) is 2.52. The van der Waals surface area contributed by atoms with Gasteiger partial charge in [-0.05, 0) is 37.0 Å². The number of hydrogen-bond acceptors (Lipinski definition) is 4. The standard InChI is InChI=1S/C15H21ClN2O4S/c1-11-4-3-7-18(10-11)15(19)9-17-23(20,21)12-5-6-14(22-2)13(16)8-12/h5-6,8,11,17H,3-4,7,9-10H2,1-2H3. The van der Waals surface area contributed by atoms with Gasteiger partial charge in [0, 0.05) is 13.1 Å². The Bertz CT molecular complexity index is 678. The predicted octanol–water partition coefficient (Wildman–Crippen LogP) is 1.89. The van der Waals surface area contributed by atoms with Crippen LogP contribution in [0, 0.1) is 5.92 Å². The minimum atomic E-state index is -3.79. The number of carbonyl (C=O) groups excluding carboxylic acids is 1. The maximum absolute atomic E-state index is 12.3. The average molecular weight is 361 g/mol. The van der Waals surface area contributed by atoms with E-state index in [1.54, 1.807) is 4.90 Å². The Morgan fingerprint density at radius 3 is 2.83 bits per heavy atom. The summed E-state index contributed by atoms with van der Waals surface area (Å²) < 4.78 is 31.8. The molecule has 1 heterocycles. The first-order valence-electron chi connectivity index (χ1n) is 7.44. The highest BCUT2D eigenvalue weighted by Crippen LogP contribution is 2.26. The van der Waals surface area contributed by atoms with Crippen molar-refractivity contribution in [2.45, 2.75) is 24.7 Å². The molecule has 1 aliphatic heterocycles. The lowest BCUT2D eigenvalue weighted by molar-refractivity contribution is -0.131. The molecule has 0 spiro atoms. The van der Waals surface area contributed by atoms with Crippen LogP contribution in [-0.2, 0) is 14.8 Å². The SMILES string of the molecule is COc1ccc(S(=O)(=O)NCC(=O)N2CCCC(C)C2)cc1Cl. The molecule has 2 rings (SSSR count). The quantitative estimate of drug-likeness (QED) is 0.870. The number of methoxy groups -OCH3 is 1. The molecular formula is C15H21ClN2O4S. The second-order valence-electron chi connectivity index (χ2n) is 5.71. The Morgan fingerprint density at radius 2 is 2.22 bits per heavy atom. The molecule has 1 aliphatic rings. The molecule has 1 aromatic rings. The fraction of sp³-hybridized carbons (Fsp3) is 0.533. The zero-order chi connectivity index (χ0) is 17.0. The van der Waals surface area contributed by atoms with Crippen LogP contribution in [0.3, 0.4) is 0 Å². The van der Waals surface area contributed by atoms with Gasteiger partial charge in [0.2, 0.25) is 15.9 Å². The van der Waals surface area contributed by atoms with Crippen molar-refractivity contribution < 1.29 is 17.9 Å². The molecule has 6 nitrogen and oxygen atoms in total. The van der Waals surface area contributed by atoms with Gasteiger partial charge < -0.3 is 9.64 Å². The van der Waals surface area contributed by atoms with Gasteiger partial charge in [0.1, 0.15) is 5.75 Å². The number of halogens is 1. The van der Waals surface area contributed by atoms with Gasteiger partial charge >= 0.3 is 0 Å². The van der Waals surface area contributed by atoms with E-state index in [1.165, 1.54) is 25.3 Å². The van der Waals surface area contributed by atoms with E-state index < -0.39 is 10.0 Å². The van der Waals surface area contributed by atoms with E-state index >= 15 is 0 Å². The molecule has 1 amide bonds. The van der Waals surface area contributed by atoms with Crippen molar-refractivity contribution in [1.82, 2.24) is 9.62 Å². The maximum atomic E-state index is 12.3. The number of nitrogens with one attached hydrogen (secondary N) is 1. The molecule has 0 saturated carbocycles. The highest BCUT2D eigenvalue weighted by Gasteiger charge is 2.23. The van der Waals surface area contributed by atoms with Crippen molar-refractivity contribution in [3.05, 3.63) is 23.2 Å². The number of nitrogens with zero attached hydrogens (tertiary/aromatic N) is 1. The molecule has 1 saturated heterocycles. The first kappa shape index (κ1) is 18.0. The molecule has 1 unspecified atom stereocenters. The number of ether oxygens (including phenoxy) is 1. The molecule has 1 aromatic carbocycles. The van der Waals surface area contributed by atoms with Gasteiger partial charge in [0.05, 0.1) is 23.6 Å². The first-order valence-corrected chi connectivity index (χ1v) is 9.30. The lowest BCUT2D eigenvalue weighted by Gasteiger charge is -2.31. The molecule has 1 atom stereocenters. The fourth-order valence-electron chi connectivity index (χ4n) is 2.58. The second kappa shape index (κ2) is 7.51. The van der Waals surface area contributed by atoms with Gasteiger partial charge in [0.25, 0.3) is 0 Å². The van der Waals surface area contributed by atoms with E-state index in [0.717, 1.165) is 12.8 Å². The Hall–Kier alpha value is -1.31. The van der Waals surface area contributed by atoms with Gasteiger partial charge in [-0.3, -0.25) is 4.79 Å².